The molecule has 2 nitrogen and oxygen atoms in total. The second-order valence-corrected chi connectivity index (χ2v) is 2.56. The zero-order valence-electron chi connectivity index (χ0n) is 4.67. The zero-order chi connectivity index (χ0) is 6.83. The molecule has 0 rings (SSSR count). The lowest BCUT2D eigenvalue weighted by atomic mass is 10.8. The van der Waals surface area contributed by atoms with Crippen LogP contribution in [-0.2, 0) is 0 Å². The van der Waals surface area contributed by atoms with Gasteiger partial charge in [-0.05, 0) is 0 Å². The Morgan fingerprint density at radius 3 is 1.75 bits per heavy atom. The Labute approximate surface area is 53.9 Å². The first kappa shape index (κ1) is 11.3. The molecule has 2 atom stereocenters. The summed E-state index contributed by atoms with van der Waals surface area (Å²) in [6.07, 6.45) is 0. The summed E-state index contributed by atoms with van der Waals surface area (Å²) in [5.74, 6) is 1.87. The van der Waals surface area contributed by atoms with Crippen molar-refractivity contribution in [1.82, 2.24) is 0 Å². The highest BCUT2D eigenvalue weighted by atomic mass is 32.0. The van der Waals surface area contributed by atoms with Crippen LogP contribution in [0.1, 0.15) is 0 Å². The lowest BCUT2D eigenvalue weighted by Gasteiger charge is -1.70. The molecule has 0 fully saturated rings. The third-order valence-corrected chi connectivity index (χ3v) is 1.16. The van der Waals surface area contributed by atoms with Crippen molar-refractivity contribution in [3.05, 3.63) is 12.4 Å². The average Bonchev–Trinajstić information content (AvgIpc) is 1.88. The van der Waals surface area contributed by atoms with Gasteiger partial charge in [-0.3, -0.25) is 0 Å². The molecule has 50 valence electrons. The molecule has 0 amide bonds. The summed E-state index contributed by atoms with van der Waals surface area (Å²) in [5, 5.41) is 15.2. The largest absolute Gasteiger partial charge is 0.394 e. The van der Waals surface area contributed by atoms with Crippen molar-refractivity contribution in [2.24, 2.45) is 0 Å². The van der Waals surface area contributed by atoms with E-state index in [1.165, 1.54) is 0 Å². The van der Waals surface area contributed by atoms with E-state index in [-0.39, 0.29) is 13.2 Å². The molecule has 0 saturated carbocycles. The van der Waals surface area contributed by atoms with Crippen LogP contribution < -0.4 is 0 Å². The minimum absolute atomic E-state index is 0.125. The molecule has 0 aliphatic heterocycles. The Hall–Kier alpha value is 0.520. The molecule has 4 heteroatoms. The molecule has 8 heavy (non-hydrogen) atoms. The molecule has 0 bridgehead atoms. The van der Waals surface area contributed by atoms with Crippen molar-refractivity contribution >= 4 is 17.2 Å². The van der Waals surface area contributed by atoms with Gasteiger partial charge in [0.25, 0.3) is 0 Å². The second kappa shape index (κ2) is 15.6. The summed E-state index contributed by atoms with van der Waals surface area (Å²) in [6.45, 7) is 3.22. The van der Waals surface area contributed by atoms with E-state index in [9.17, 15) is 0 Å². The molecular formula is C4H12O2P2. The minimum Gasteiger partial charge on any atom is -0.394 e. The van der Waals surface area contributed by atoms with E-state index in [2.05, 4.69) is 15.5 Å². The van der Waals surface area contributed by atoms with Crippen LogP contribution in [0.4, 0.5) is 0 Å². The Morgan fingerprint density at radius 2 is 1.75 bits per heavy atom. The topological polar surface area (TPSA) is 40.5 Å². The van der Waals surface area contributed by atoms with Gasteiger partial charge in [0, 0.05) is 0 Å². The normalized spacial score (nSPS) is 8.38. The highest BCUT2D eigenvalue weighted by molar-refractivity contribution is 8.04. The van der Waals surface area contributed by atoms with E-state index < -0.39 is 0 Å². The summed E-state index contributed by atoms with van der Waals surface area (Å²) < 4.78 is 0. The van der Waals surface area contributed by atoms with Crippen molar-refractivity contribution in [1.29, 1.82) is 0 Å². The number of rotatable bonds is 2. The van der Waals surface area contributed by atoms with Crippen molar-refractivity contribution in [3.63, 3.8) is 0 Å². The van der Waals surface area contributed by atoms with Crippen molar-refractivity contribution < 1.29 is 10.2 Å². The molecule has 0 radical (unpaired) electrons. The van der Waals surface area contributed by atoms with Gasteiger partial charge in [-0.15, -0.1) is 8.93 Å². The van der Waals surface area contributed by atoms with E-state index in [1.54, 1.807) is 0 Å². The van der Waals surface area contributed by atoms with Crippen LogP contribution in [-0.4, -0.2) is 23.4 Å². The number of aliphatic hydroxyl groups is 2. The lowest BCUT2D eigenvalue weighted by molar-refractivity contribution is 0.186. The first-order valence-corrected chi connectivity index (χ1v) is 5.00. The number of aliphatic hydroxyl groups excluding tert-OH is 2. The highest BCUT2D eigenvalue weighted by Gasteiger charge is 1.58. The van der Waals surface area contributed by atoms with Crippen molar-refractivity contribution in [2.75, 3.05) is 13.2 Å². The summed E-state index contributed by atoms with van der Waals surface area (Å²) in [6, 6.07) is 0. The summed E-state index contributed by atoms with van der Waals surface area (Å²) in [5.41, 5.74) is 0. The molecule has 0 aliphatic rings. The molecule has 0 aromatic carbocycles. The molecule has 0 saturated heterocycles. The predicted octanol–water partition coefficient (Wildman–Crippen LogP) is 0.569. The first-order chi connectivity index (χ1) is 3.83. The Balaban J connectivity index is 0. The summed E-state index contributed by atoms with van der Waals surface area (Å²) >= 11 is 0. The Morgan fingerprint density at radius 1 is 1.50 bits per heavy atom. The van der Waals surface area contributed by atoms with Crippen molar-refractivity contribution in [2.45, 2.75) is 0 Å². The summed E-state index contributed by atoms with van der Waals surface area (Å²) in [7, 11) is 3.39. The van der Waals surface area contributed by atoms with Crippen LogP contribution in [0.25, 0.3) is 0 Å². The number of hydrogen-bond donors (Lipinski definition) is 2. The van der Waals surface area contributed by atoms with Gasteiger partial charge in [0.1, 0.15) is 0 Å². The smallest absolute Gasteiger partial charge is 0.0662 e. The number of hydrogen-bond acceptors (Lipinski definition) is 2. The molecule has 0 spiro atoms. The predicted molar refractivity (Wildman–Crippen MR) is 42.4 cm³/mol. The van der Waals surface area contributed by atoms with E-state index in [1.807, 2.05) is 5.82 Å². The summed E-state index contributed by atoms with van der Waals surface area (Å²) in [4.78, 5) is 0. The third kappa shape index (κ3) is 31.3. The van der Waals surface area contributed by atoms with Gasteiger partial charge >= 0.3 is 0 Å². The molecule has 0 heterocycles. The molecule has 0 aliphatic carbocycles. The third-order valence-electron chi connectivity index (χ3n) is 0.218. The van der Waals surface area contributed by atoms with E-state index in [4.69, 9.17) is 10.2 Å². The maximum Gasteiger partial charge on any atom is 0.0662 e. The minimum atomic E-state index is -0.125. The Kier molecular flexibility index (Phi) is 22.2. The van der Waals surface area contributed by atoms with Gasteiger partial charge in [-0.2, -0.15) is 0 Å². The zero-order valence-corrected chi connectivity index (χ0v) is 6.83. The van der Waals surface area contributed by atoms with Crippen molar-refractivity contribution in [3.8, 4) is 0 Å². The molecular weight excluding hydrogens is 142 g/mol. The van der Waals surface area contributed by atoms with E-state index in [0.29, 0.717) is 0 Å². The van der Waals surface area contributed by atoms with E-state index >= 15 is 0 Å². The first-order valence-electron chi connectivity index (χ1n) is 2.12. The van der Waals surface area contributed by atoms with Gasteiger partial charge in [-0.25, -0.2) is 0 Å². The van der Waals surface area contributed by atoms with Gasteiger partial charge in [0.2, 0.25) is 0 Å². The van der Waals surface area contributed by atoms with Gasteiger partial charge in [0.05, 0.1) is 13.2 Å². The quantitative estimate of drug-likeness (QED) is 0.571. The van der Waals surface area contributed by atoms with Crippen LogP contribution in [0.2, 0.25) is 0 Å². The van der Waals surface area contributed by atoms with Crippen LogP contribution in [0.3, 0.4) is 0 Å². The van der Waals surface area contributed by atoms with Gasteiger partial charge < -0.3 is 10.2 Å². The Bertz CT molecular complexity index is 39.0. The van der Waals surface area contributed by atoms with Crippen LogP contribution in [0.5, 0.6) is 0 Å². The standard InChI is InChI=1S/C2H6O2.C2H6P2/c3-1-2-4;1-2-4-3/h3-4H,1-2H2;2,4H,1,3H2. The highest BCUT2D eigenvalue weighted by Crippen LogP contribution is 2.18. The van der Waals surface area contributed by atoms with E-state index in [0.717, 1.165) is 8.27 Å². The fourth-order valence-corrected chi connectivity index (χ4v) is 0. The van der Waals surface area contributed by atoms with Gasteiger partial charge in [0.15, 0.2) is 0 Å². The maximum absolute atomic E-state index is 7.62. The fraction of sp³-hybridized carbons (Fsp3) is 0.500. The fourth-order valence-electron chi connectivity index (χ4n) is 0. The monoisotopic (exact) mass is 154 g/mol. The second-order valence-electron chi connectivity index (χ2n) is 0.818. The molecule has 2 N–H and O–H groups in total. The van der Waals surface area contributed by atoms with Crippen LogP contribution in [0, 0.1) is 0 Å². The van der Waals surface area contributed by atoms with Crippen LogP contribution >= 0.6 is 17.2 Å². The molecule has 0 aromatic heterocycles. The molecule has 0 aromatic rings. The SMILES string of the molecule is C=CPP.OCCO. The van der Waals surface area contributed by atoms with Crippen LogP contribution in [0.15, 0.2) is 12.4 Å². The van der Waals surface area contributed by atoms with Gasteiger partial charge in [-0.1, -0.05) is 20.7 Å². The average molecular weight is 154 g/mol. The maximum atomic E-state index is 7.62. The lowest BCUT2D eigenvalue weighted by Crippen LogP contribution is -1.85. The molecule has 2 unspecified atom stereocenters.